The van der Waals surface area contributed by atoms with Crippen molar-refractivity contribution < 1.29 is 8.42 Å². The molecule has 0 amide bonds. The molecule has 1 fully saturated rings. The maximum atomic E-state index is 11.7. The molecule has 1 aliphatic carbocycles. The highest BCUT2D eigenvalue weighted by Gasteiger charge is 2.33. The second-order valence-electron chi connectivity index (χ2n) is 5.50. The topological polar surface area (TPSA) is 60.2 Å². The summed E-state index contributed by atoms with van der Waals surface area (Å²) in [6.45, 7) is 1.97. The minimum Gasteiger partial charge on any atom is -0.323 e. The third kappa shape index (κ3) is 3.32. The Kier molecular flexibility index (Phi) is 4.60. The molecule has 0 bridgehead atoms. The molecule has 1 aliphatic rings. The van der Waals surface area contributed by atoms with Crippen LogP contribution >= 0.6 is 22.9 Å². The van der Waals surface area contributed by atoms with Crippen molar-refractivity contribution >= 4 is 32.8 Å². The molecule has 2 N–H and O–H groups in total. The average Bonchev–Trinajstić information content (AvgIpc) is 2.68. The first kappa shape index (κ1) is 15.3. The SMILES string of the molecule is Cc1csc(C(N)C2CCCC(S(C)(=O)=O)C2)c1Cl. The molecule has 0 spiro atoms. The number of halogens is 1. The van der Waals surface area contributed by atoms with Crippen LogP contribution < -0.4 is 5.73 Å². The van der Waals surface area contributed by atoms with Crippen LogP contribution in [-0.2, 0) is 9.84 Å². The van der Waals surface area contributed by atoms with E-state index in [4.69, 9.17) is 17.3 Å². The zero-order valence-electron chi connectivity index (χ0n) is 11.2. The highest BCUT2D eigenvalue weighted by atomic mass is 35.5. The van der Waals surface area contributed by atoms with Gasteiger partial charge < -0.3 is 5.73 Å². The Labute approximate surface area is 124 Å². The van der Waals surface area contributed by atoms with Gasteiger partial charge in [-0.25, -0.2) is 8.42 Å². The molecule has 3 unspecified atom stereocenters. The minimum absolute atomic E-state index is 0.143. The third-order valence-electron chi connectivity index (χ3n) is 4.01. The molecule has 0 aliphatic heterocycles. The summed E-state index contributed by atoms with van der Waals surface area (Å²) in [7, 11) is -2.96. The molecule has 1 aromatic rings. The van der Waals surface area contributed by atoms with Gasteiger partial charge in [-0.15, -0.1) is 11.3 Å². The van der Waals surface area contributed by atoms with Crippen molar-refractivity contribution in [3.63, 3.8) is 0 Å². The summed E-state index contributed by atoms with van der Waals surface area (Å²) >= 11 is 7.84. The molecular weight excluding hydrogens is 302 g/mol. The number of nitrogens with two attached hydrogens (primary N) is 1. The van der Waals surface area contributed by atoms with Gasteiger partial charge in [0.15, 0.2) is 0 Å². The van der Waals surface area contributed by atoms with Gasteiger partial charge in [-0.05, 0) is 43.0 Å². The predicted octanol–water partition coefficient (Wildman–Crippen LogP) is 3.31. The lowest BCUT2D eigenvalue weighted by atomic mass is 9.83. The van der Waals surface area contributed by atoms with Crippen molar-refractivity contribution in [2.45, 2.75) is 43.9 Å². The molecule has 108 valence electrons. The quantitative estimate of drug-likeness (QED) is 0.929. The fourth-order valence-corrected chi connectivity index (χ4v) is 5.39. The lowest BCUT2D eigenvalue weighted by molar-refractivity contribution is 0.311. The van der Waals surface area contributed by atoms with Gasteiger partial charge in [0.25, 0.3) is 0 Å². The van der Waals surface area contributed by atoms with Crippen molar-refractivity contribution in [3.05, 3.63) is 20.8 Å². The highest BCUT2D eigenvalue weighted by molar-refractivity contribution is 7.91. The predicted molar refractivity (Wildman–Crippen MR) is 81.6 cm³/mol. The van der Waals surface area contributed by atoms with E-state index >= 15 is 0 Å². The monoisotopic (exact) mass is 321 g/mol. The summed E-state index contributed by atoms with van der Waals surface area (Å²) < 4.78 is 23.4. The van der Waals surface area contributed by atoms with Crippen LogP contribution in [-0.4, -0.2) is 19.9 Å². The Morgan fingerprint density at radius 1 is 1.47 bits per heavy atom. The van der Waals surface area contributed by atoms with E-state index in [9.17, 15) is 8.42 Å². The molecule has 0 saturated heterocycles. The van der Waals surface area contributed by atoms with Gasteiger partial charge in [-0.1, -0.05) is 18.0 Å². The standard InChI is InChI=1S/C13H20ClNO2S2/c1-8-7-18-13(11(8)14)12(15)9-4-3-5-10(6-9)19(2,16)17/h7,9-10,12H,3-6,15H2,1-2H3. The number of aryl methyl sites for hydroxylation is 1. The Bertz CT molecular complexity index is 553. The molecule has 19 heavy (non-hydrogen) atoms. The zero-order valence-corrected chi connectivity index (χ0v) is 13.6. The summed E-state index contributed by atoms with van der Waals surface area (Å²) in [5.74, 6) is 0.212. The number of hydrogen-bond donors (Lipinski definition) is 1. The van der Waals surface area contributed by atoms with Gasteiger partial charge >= 0.3 is 0 Å². The largest absolute Gasteiger partial charge is 0.323 e. The van der Waals surface area contributed by atoms with Crippen molar-refractivity contribution in [2.24, 2.45) is 11.7 Å². The highest BCUT2D eigenvalue weighted by Crippen LogP contribution is 2.40. The normalized spacial score (nSPS) is 26.3. The molecule has 3 atom stereocenters. The lowest BCUT2D eigenvalue weighted by Crippen LogP contribution is -2.32. The van der Waals surface area contributed by atoms with E-state index in [0.717, 1.165) is 34.7 Å². The number of sulfone groups is 1. The molecule has 0 radical (unpaired) electrons. The molecular formula is C13H20ClNO2S2. The first-order chi connectivity index (χ1) is 8.80. The van der Waals surface area contributed by atoms with Crippen LogP contribution in [0.15, 0.2) is 5.38 Å². The molecule has 0 aromatic carbocycles. The lowest BCUT2D eigenvalue weighted by Gasteiger charge is -2.31. The van der Waals surface area contributed by atoms with Crippen LogP contribution in [0.25, 0.3) is 0 Å². The molecule has 2 rings (SSSR count). The third-order valence-corrected chi connectivity index (χ3v) is 7.46. The maximum absolute atomic E-state index is 11.7. The Morgan fingerprint density at radius 3 is 2.68 bits per heavy atom. The van der Waals surface area contributed by atoms with Gasteiger partial charge in [-0.3, -0.25) is 0 Å². The summed E-state index contributed by atoms with van der Waals surface area (Å²) in [6, 6.07) is -0.143. The Hall–Kier alpha value is -0.100. The number of hydrogen-bond acceptors (Lipinski definition) is 4. The van der Waals surface area contributed by atoms with Crippen LogP contribution in [0, 0.1) is 12.8 Å². The second kappa shape index (κ2) is 5.72. The summed E-state index contributed by atoms with van der Waals surface area (Å²) in [5, 5.41) is 2.52. The first-order valence-corrected chi connectivity index (χ1v) is 9.70. The summed E-state index contributed by atoms with van der Waals surface area (Å²) in [6.07, 6.45) is 4.67. The van der Waals surface area contributed by atoms with Gasteiger partial charge in [0.05, 0.1) is 10.3 Å². The van der Waals surface area contributed by atoms with Crippen molar-refractivity contribution in [1.29, 1.82) is 0 Å². The van der Waals surface area contributed by atoms with Crippen LogP contribution in [0.3, 0.4) is 0 Å². The van der Waals surface area contributed by atoms with E-state index in [0.29, 0.717) is 6.42 Å². The molecule has 3 nitrogen and oxygen atoms in total. The number of rotatable bonds is 3. The average molecular weight is 322 g/mol. The van der Waals surface area contributed by atoms with E-state index in [-0.39, 0.29) is 17.2 Å². The second-order valence-corrected chi connectivity index (χ2v) is 9.12. The van der Waals surface area contributed by atoms with E-state index in [1.165, 1.54) is 6.26 Å². The van der Waals surface area contributed by atoms with E-state index in [2.05, 4.69) is 0 Å². The van der Waals surface area contributed by atoms with Crippen LogP contribution in [0.2, 0.25) is 5.02 Å². The Balaban J connectivity index is 2.16. The maximum Gasteiger partial charge on any atom is 0.150 e. The molecule has 6 heteroatoms. The van der Waals surface area contributed by atoms with Gasteiger partial charge in [0.1, 0.15) is 9.84 Å². The van der Waals surface area contributed by atoms with Crippen molar-refractivity contribution in [3.8, 4) is 0 Å². The smallest absolute Gasteiger partial charge is 0.150 e. The van der Waals surface area contributed by atoms with Crippen LogP contribution in [0.5, 0.6) is 0 Å². The van der Waals surface area contributed by atoms with Crippen LogP contribution in [0.1, 0.15) is 42.2 Å². The molecule has 1 saturated carbocycles. The molecule has 1 aromatic heterocycles. The van der Waals surface area contributed by atoms with E-state index in [1.54, 1.807) is 11.3 Å². The molecule has 1 heterocycles. The Morgan fingerprint density at radius 2 is 2.16 bits per heavy atom. The number of thiophene rings is 1. The van der Waals surface area contributed by atoms with Gasteiger partial charge in [0.2, 0.25) is 0 Å². The van der Waals surface area contributed by atoms with Crippen molar-refractivity contribution in [1.82, 2.24) is 0 Å². The fourth-order valence-electron chi connectivity index (χ4n) is 2.78. The summed E-state index contributed by atoms with van der Waals surface area (Å²) in [4.78, 5) is 0.998. The van der Waals surface area contributed by atoms with E-state index in [1.807, 2.05) is 12.3 Å². The van der Waals surface area contributed by atoms with Gasteiger partial charge in [-0.2, -0.15) is 0 Å². The van der Waals surface area contributed by atoms with E-state index < -0.39 is 9.84 Å². The fraction of sp³-hybridized carbons (Fsp3) is 0.692. The summed E-state index contributed by atoms with van der Waals surface area (Å²) in [5.41, 5.74) is 7.37. The van der Waals surface area contributed by atoms with Gasteiger partial charge in [0, 0.05) is 17.2 Å². The van der Waals surface area contributed by atoms with Crippen LogP contribution in [0.4, 0.5) is 0 Å². The zero-order chi connectivity index (χ0) is 14.2. The minimum atomic E-state index is -2.96. The first-order valence-electron chi connectivity index (χ1n) is 6.48. The van der Waals surface area contributed by atoms with Crippen molar-refractivity contribution in [2.75, 3.05) is 6.26 Å².